The van der Waals surface area contributed by atoms with Gasteiger partial charge >= 0.3 is 0 Å². The smallest absolute Gasteiger partial charge is 0.262 e. The van der Waals surface area contributed by atoms with Gasteiger partial charge in [0, 0.05) is 35.2 Å². The molecule has 2 aromatic carbocycles. The van der Waals surface area contributed by atoms with E-state index in [1.807, 2.05) is 32.0 Å². The summed E-state index contributed by atoms with van der Waals surface area (Å²) in [5.74, 6) is 0.829. The summed E-state index contributed by atoms with van der Waals surface area (Å²) in [7, 11) is 3.14. The fraction of sp³-hybridized carbons (Fsp3) is 0.310. The molecule has 182 valence electrons. The zero-order valence-corrected chi connectivity index (χ0v) is 21.5. The maximum absolute atomic E-state index is 12.8. The van der Waals surface area contributed by atoms with Crippen molar-refractivity contribution in [2.45, 2.75) is 46.6 Å². The Morgan fingerprint density at radius 2 is 1.74 bits per heavy atom. The van der Waals surface area contributed by atoms with Crippen LogP contribution in [0.15, 0.2) is 54.1 Å². The molecular formula is C29H33N3O3. The number of hydrogen-bond acceptors (Lipinski definition) is 4. The number of aromatic nitrogens is 1. The summed E-state index contributed by atoms with van der Waals surface area (Å²) >= 11 is 0. The number of aryl methyl sites for hydroxylation is 1. The van der Waals surface area contributed by atoms with Crippen LogP contribution >= 0.6 is 0 Å². The maximum Gasteiger partial charge on any atom is 0.262 e. The van der Waals surface area contributed by atoms with E-state index in [1.54, 1.807) is 32.4 Å². The van der Waals surface area contributed by atoms with Gasteiger partial charge in [-0.15, -0.1) is 0 Å². The van der Waals surface area contributed by atoms with Crippen LogP contribution in [0.3, 0.4) is 0 Å². The number of nitrogens with one attached hydrogen (secondary N) is 1. The third-order valence-corrected chi connectivity index (χ3v) is 6.06. The molecule has 6 heteroatoms. The monoisotopic (exact) mass is 471 g/mol. The highest BCUT2D eigenvalue weighted by molar-refractivity contribution is 6.01. The number of nitrogens with zero attached hydrogens (tertiary/aromatic N) is 2. The third-order valence-electron chi connectivity index (χ3n) is 6.06. The van der Waals surface area contributed by atoms with E-state index < -0.39 is 5.91 Å². The minimum absolute atomic E-state index is 0.0424. The van der Waals surface area contributed by atoms with Crippen LogP contribution in [-0.2, 0) is 16.8 Å². The van der Waals surface area contributed by atoms with Gasteiger partial charge in [0.25, 0.3) is 5.91 Å². The van der Waals surface area contributed by atoms with Gasteiger partial charge in [-0.05, 0) is 66.8 Å². The van der Waals surface area contributed by atoms with Crippen molar-refractivity contribution in [3.8, 4) is 23.3 Å². The predicted octanol–water partition coefficient (Wildman–Crippen LogP) is 5.63. The second kappa shape index (κ2) is 10.5. The maximum atomic E-state index is 12.8. The highest BCUT2D eigenvalue weighted by Gasteiger charge is 2.16. The first-order valence-electron chi connectivity index (χ1n) is 11.5. The van der Waals surface area contributed by atoms with E-state index in [9.17, 15) is 10.1 Å². The summed E-state index contributed by atoms with van der Waals surface area (Å²) in [4.78, 5) is 12.8. The van der Waals surface area contributed by atoms with Crippen LogP contribution in [0, 0.1) is 25.2 Å². The van der Waals surface area contributed by atoms with Crippen molar-refractivity contribution in [2.75, 3.05) is 14.2 Å². The Kier molecular flexibility index (Phi) is 7.71. The van der Waals surface area contributed by atoms with Crippen molar-refractivity contribution in [3.05, 3.63) is 82.2 Å². The lowest BCUT2D eigenvalue weighted by atomic mass is 9.87. The van der Waals surface area contributed by atoms with Gasteiger partial charge in [-0.3, -0.25) is 4.79 Å². The van der Waals surface area contributed by atoms with E-state index in [4.69, 9.17) is 9.47 Å². The van der Waals surface area contributed by atoms with Crippen molar-refractivity contribution in [3.63, 3.8) is 0 Å². The number of carbonyl (C=O) groups is 1. The molecule has 0 bridgehead atoms. The van der Waals surface area contributed by atoms with Crippen LogP contribution < -0.4 is 14.8 Å². The number of amides is 1. The van der Waals surface area contributed by atoms with E-state index in [0.717, 1.165) is 28.2 Å². The summed E-state index contributed by atoms with van der Waals surface area (Å²) in [6.45, 7) is 10.8. The van der Waals surface area contributed by atoms with Gasteiger partial charge in [-0.2, -0.15) is 5.26 Å². The lowest BCUT2D eigenvalue weighted by molar-refractivity contribution is -0.117. The van der Waals surface area contributed by atoms with Crippen LogP contribution in [-0.4, -0.2) is 24.7 Å². The molecule has 6 nitrogen and oxygen atoms in total. The number of benzene rings is 2. The minimum atomic E-state index is -0.440. The molecule has 0 unspecified atom stereocenters. The van der Waals surface area contributed by atoms with Gasteiger partial charge in [0.2, 0.25) is 0 Å². The average Bonchev–Trinajstić information content (AvgIpc) is 3.12. The van der Waals surface area contributed by atoms with Crippen LogP contribution in [0.25, 0.3) is 11.8 Å². The second-order valence-electron chi connectivity index (χ2n) is 9.49. The SMILES string of the molecule is COc1ccc(CNC(=O)/C(C#N)=C/c2cc(C)n(-c3ccc(C(C)(C)C)cc3)c2C)c(OC)c1. The van der Waals surface area contributed by atoms with Gasteiger partial charge in [-0.1, -0.05) is 32.9 Å². The molecular weight excluding hydrogens is 438 g/mol. The van der Waals surface area contributed by atoms with Crippen molar-refractivity contribution >= 4 is 12.0 Å². The van der Waals surface area contributed by atoms with E-state index in [-0.39, 0.29) is 17.5 Å². The topological polar surface area (TPSA) is 76.3 Å². The number of hydrogen-bond donors (Lipinski definition) is 1. The summed E-state index contributed by atoms with van der Waals surface area (Å²) in [6, 6.07) is 17.9. The van der Waals surface area contributed by atoms with Crippen LogP contribution in [0.2, 0.25) is 0 Å². The van der Waals surface area contributed by atoms with Gasteiger partial charge in [0.15, 0.2) is 0 Å². The predicted molar refractivity (Wildman–Crippen MR) is 139 cm³/mol. The third kappa shape index (κ3) is 5.75. The summed E-state index contributed by atoms with van der Waals surface area (Å²) in [5, 5.41) is 12.5. The summed E-state index contributed by atoms with van der Waals surface area (Å²) in [5.41, 5.74) is 6.04. The Bertz CT molecular complexity index is 1290. The molecule has 3 aromatic rings. The van der Waals surface area contributed by atoms with E-state index in [0.29, 0.717) is 11.5 Å². The van der Waals surface area contributed by atoms with Gasteiger partial charge in [0.05, 0.1) is 14.2 Å². The summed E-state index contributed by atoms with van der Waals surface area (Å²) in [6.07, 6.45) is 1.64. The quantitative estimate of drug-likeness (QED) is 0.358. The summed E-state index contributed by atoms with van der Waals surface area (Å²) < 4.78 is 12.7. The fourth-order valence-electron chi connectivity index (χ4n) is 4.01. The highest BCUT2D eigenvalue weighted by Crippen LogP contribution is 2.27. The molecule has 1 N–H and O–H groups in total. The normalized spacial score (nSPS) is 11.7. The van der Waals surface area contributed by atoms with Crippen molar-refractivity contribution in [1.29, 1.82) is 5.26 Å². The minimum Gasteiger partial charge on any atom is -0.497 e. The van der Waals surface area contributed by atoms with Crippen LogP contribution in [0.5, 0.6) is 11.5 Å². The van der Waals surface area contributed by atoms with E-state index >= 15 is 0 Å². The zero-order valence-electron chi connectivity index (χ0n) is 21.5. The molecule has 0 aliphatic carbocycles. The standard InChI is InChI=1S/C29H33N3O3/c1-19-14-22(20(2)32(19)25-11-9-24(10-12-25)29(3,4)5)15-23(17-30)28(33)31-18-21-8-13-26(34-6)16-27(21)35-7/h8-16H,18H2,1-7H3,(H,31,33)/b23-15+. The molecule has 0 saturated carbocycles. The molecule has 0 radical (unpaired) electrons. The molecule has 1 amide bonds. The molecule has 0 spiro atoms. The van der Waals surface area contributed by atoms with Crippen molar-refractivity contribution in [2.24, 2.45) is 0 Å². The molecule has 0 aliphatic rings. The zero-order chi connectivity index (χ0) is 25.8. The highest BCUT2D eigenvalue weighted by atomic mass is 16.5. The van der Waals surface area contributed by atoms with E-state index in [1.165, 1.54) is 5.56 Å². The van der Waals surface area contributed by atoms with E-state index in [2.05, 4.69) is 54.9 Å². The molecule has 0 fully saturated rings. The largest absolute Gasteiger partial charge is 0.497 e. The van der Waals surface area contributed by atoms with Gasteiger partial charge in [0.1, 0.15) is 23.1 Å². The van der Waals surface area contributed by atoms with Gasteiger partial charge in [-0.25, -0.2) is 0 Å². The number of methoxy groups -OCH3 is 2. The number of carbonyl (C=O) groups excluding carboxylic acids is 1. The number of rotatable bonds is 7. The van der Waals surface area contributed by atoms with Crippen LogP contribution in [0.1, 0.15) is 48.8 Å². The van der Waals surface area contributed by atoms with Crippen molar-refractivity contribution < 1.29 is 14.3 Å². The second-order valence-corrected chi connectivity index (χ2v) is 9.49. The first-order chi connectivity index (χ1) is 16.6. The Morgan fingerprint density at radius 3 is 2.31 bits per heavy atom. The molecule has 1 aromatic heterocycles. The molecule has 35 heavy (non-hydrogen) atoms. The van der Waals surface area contributed by atoms with Gasteiger partial charge < -0.3 is 19.4 Å². The molecule has 0 aliphatic heterocycles. The number of nitriles is 1. The fourth-order valence-corrected chi connectivity index (χ4v) is 4.01. The molecule has 0 atom stereocenters. The lowest BCUT2D eigenvalue weighted by Crippen LogP contribution is -2.24. The Morgan fingerprint density at radius 1 is 1.06 bits per heavy atom. The van der Waals surface area contributed by atoms with Crippen LogP contribution in [0.4, 0.5) is 0 Å². The Balaban J connectivity index is 1.83. The molecule has 0 saturated heterocycles. The Hall–Kier alpha value is -3.98. The lowest BCUT2D eigenvalue weighted by Gasteiger charge is -2.20. The average molecular weight is 472 g/mol. The number of ether oxygens (including phenoxy) is 2. The first-order valence-corrected chi connectivity index (χ1v) is 11.5. The first kappa shape index (κ1) is 25.6. The molecule has 3 rings (SSSR count). The van der Waals surface area contributed by atoms with Crippen molar-refractivity contribution in [1.82, 2.24) is 9.88 Å². The Labute approximate surface area is 207 Å². The molecule has 1 heterocycles.